The van der Waals surface area contributed by atoms with E-state index in [2.05, 4.69) is 10.6 Å². The van der Waals surface area contributed by atoms with Crippen LogP contribution in [0.5, 0.6) is 0 Å². The molecule has 0 bridgehead atoms. The predicted octanol–water partition coefficient (Wildman–Crippen LogP) is 2.40. The van der Waals surface area contributed by atoms with Crippen LogP contribution in [-0.4, -0.2) is 29.3 Å². The fourth-order valence-electron chi connectivity index (χ4n) is 3.91. The Morgan fingerprint density at radius 2 is 1.93 bits per heavy atom. The molecule has 6 nitrogen and oxygen atoms in total. The van der Waals surface area contributed by atoms with Crippen molar-refractivity contribution in [1.82, 2.24) is 15.5 Å². The maximum Gasteiger partial charge on any atom is 0.325 e. The van der Waals surface area contributed by atoms with E-state index in [4.69, 9.17) is 0 Å². The highest BCUT2D eigenvalue weighted by atomic mass is 19.1. The summed E-state index contributed by atoms with van der Waals surface area (Å²) in [4.78, 5) is 38.6. The van der Waals surface area contributed by atoms with E-state index >= 15 is 0 Å². The second-order valence-corrected chi connectivity index (χ2v) is 7.31. The first-order chi connectivity index (χ1) is 13.4. The summed E-state index contributed by atoms with van der Waals surface area (Å²) in [6.45, 7) is 1.19. The standard InChI is InChI=1S/C21H20FN3O3/c1-21(14-7-9-15(22)10-8-14)19(27)25(20(28)24-21)12-18(26)23-17-11-6-13-4-2-3-5-16(13)17/h2-5,7-10,17H,6,11-12H2,1H3,(H,23,26)(H,24,28). The third-order valence-corrected chi connectivity index (χ3v) is 5.47. The molecule has 2 aromatic carbocycles. The molecule has 0 spiro atoms. The van der Waals surface area contributed by atoms with Crippen LogP contribution in [0.4, 0.5) is 9.18 Å². The molecule has 1 aliphatic carbocycles. The van der Waals surface area contributed by atoms with E-state index in [1.165, 1.54) is 29.8 Å². The van der Waals surface area contributed by atoms with Gasteiger partial charge in [0.15, 0.2) is 0 Å². The highest BCUT2D eigenvalue weighted by molar-refractivity contribution is 6.09. The molecule has 2 atom stereocenters. The monoisotopic (exact) mass is 381 g/mol. The van der Waals surface area contributed by atoms with E-state index in [9.17, 15) is 18.8 Å². The second-order valence-electron chi connectivity index (χ2n) is 7.31. The summed E-state index contributed by atoms with van der Waals surface area (Å²) in [5, 5.41) is 5.53. The first-order valence-electron chi connectivity index (χ1n) is 9.16. The van der Waals surface area contributed by atoms with Gasteiger partial charge in [-0.05, 0) is 48.6 Å². The Hall–Kier alpha value is -3.22. The summed E-state index contributed by atoms with van der Waals surface area (Å²) >= 11 is 0. The summed E-state index contributed by atoms with van der Waals surface area (Å²) < 4.78 is 13.2. The lowest BCUT2D eigenvalue weighted by atomic mass is 9.92. The van der Waals surface area contributed by atoms with E-state index in [1.54, 1.807) is 6.92 Å². The van der Waals surface area contributed by atoms with Crippen LogP contribution < -0.4 is 10.6 Å². The topological polar surface area (TPSA) is 78.5 Å². The molecule has 2 N–H and O–H groups in total. The van der Waals surface area contributed by atoms with Crippen LogP contribution in [0.25, 0.3) is 0 Å². The van der Waals surface area contributed by atoms with Crippen LogP contribution in [0.1, 0.15) is 36.1 Å². The number of amides is 4. The molecule has 1 fully saturated rings. The van der Waals surface area contributed by atoms with Crippen LogP contribution in [-0.2, 0) is 21.5 Å². The highest BCUT2D eigenvalue weighted by Gasteiger charge is 2.49. The molecule has 7 heteroatoms. The zero-order chi connectivity index (χ0) is 19.9. The van der Waals surface area contributed by atoms with Crippen LogP contribution in [0, 0.1) is 5.82 Å². The van der Waals surface area contributed by atoms with Gasteiger partial charge in [0.2, 0.25) is 5.91 Å². The van der Waals surface area contributed by atoms with Crippen molar-refractivity contribution in [3.05, 3.63) is 71.0 Å². The van der Waals surface area contributed by atoms with Gasteiger partial charge in [0.25, 0.3) is 5.91 Å². The molecule has 0 saturated carbocycles. The van der Waals surface area contributed by atoms with Gasteiger partial charge in [-0.25, -0.2) is 9.18 Å². The van der Waals surface area contributed by atoms with Crippen LogP contribution in [0.3, 0.4) is 0 Å². The minimum Gasteiger partial charge on any atom is -0.348 e. The van der Waals surface area contributed by atoms with Crippen molar-refractivity contribution < 1.29 is 18.8 Å². The zero-order valence-electron chi connectivity index (χ0n) is 15.4. The number of imide groups is 1. The normalized spacial score (nSPS) is 23.5. The average molecular weight is 381 g/mol. The van der Waals surface area contributed by atoms with Crippen molar-refractivity contribution in [2.75, 3.05) is 6.54 Å². The fourth-order valence-corrected chi connectivity index (χ4v) is 3.91. The molecular formula is C21H20FN3O3. The molecule has 144 valence electrons. The lowest BCUT2D eigenvalue weighted by Crippen LogP contribution is -2.43. The second kappa shape index (κ2) is 6.74. The Labute approximate surface area is 161 Å². The minimum absolute atomic E-state index is 0.118. The first kappa shape index (κ1) is 18.2. The molecule has 2 aromatic rings. The Balaban J connectivity index is 1.46. The molecule has 0 aromatic heterocycles. The molecule has 4 amide bonds. The van der Waals surface area contributed by atoms with Gasteiger partial charge >= 0.3 is 6.03 Å². The van der Waals surface area contributed by atoms with E-state index in [1.807, 2.05) is 24.3 Å². The number of hydrogen-bond acceptors (Lipinski definition) is 3. The molecule has 1 heterocycles. The quantitative estimate of drug-likeness (QED) is 0.799. The van der Waals surface area contributed by atoms with Gasteiger partial charge in [-0.1, -0.05) is 36.4 Å². The maximum atomic E-state index is 13.2. The molecule has 1 saturated heterocycles. The number of hydrogen-bond donors (Lipinski definition) is 2. The van der Waals surface area contributed by atoms with Crippen molar-refractivity contribution in [1.29, 1.82) is 0 Å². The maximum absolute atomic E-state index is 13.2. The van der Waals surface area contributed by atoms with E-state index < -0.39 is 29.2 Å². The van der Waals surface area contributed by atoms with Crippen molar-refractivity contribution >= 4 is 17.8 Å². The summed E-state index contributed by atoms with van der Waals surface area (Å²) in [5.41, 5.74) is 1.40. The van der Waals surface area contributed by atoms with Gasteiger partial charge in [0, 0.05) is 0 Å². The van der Waals surface area contributed by atoms with Crippen molar-refractivity contribution in [3.8, 4) is 0 Å². The largest absolute Gasteiger partial charge is 0.348 e. The molecule has 1 aliphatic heterocycles. The summed E-state index contributed by atoms with van der Waals surface area (Å²) in [5.74, 6) is -1.36. The van der Waals surface area contributed by atoms with Crippen molar-refractivity contribution in [2.24, 2.45) is 0 Å². The van der Waals surface area contributed by atoms with Crippen LogP contribution >= 0.6 is 0 Å². The fraction of sp³-hybridized carbons (Fsp3) is 0.286. The Kier molecular flexibility index (Phi) is 4.37. The summed E-state index contributed by atoms with van der Waals surface area (Å²) in [6, 6.07) is 12.5. The van der Waals surface area contributed by atoms with Crippen LogP contribution in [0.15, 0.2) is 48.5 Å². The minimum atomic E-state index is -1.33. The smallest absolute Gasteiger partial charge is 0.325 e. The number of rotatable bonds is 4. The van der Waals surface area contributed by atoms with Gasteiger partial charge < -0.3 is 10.6 Å². The summed E-state index contributed by atoms with van der Waals surface area (Å²) in [7, 11) is 0. The highest BCUT2D eigenvalue weighted by Crippen LogP contribution is 2.31. The molecule has 28 heavy (non-hydrogen) atoms. The number of carbonyl (C=O) groups excluding carboxylic acids is 3. The van der Waals surface area contributed by atoms with E-state index in [0.29, 0.717) is 5.56 Å². The molecular weight excluding hydrogens is 361 g/mol. The Morgan fingerprint density at radius 3 is 2.68 bits per heavy atom. The summed E-state index contributed by atoms with van der Waals surface area (Å²) in [6.07, 6.45) is 1.67. The number of nitrogens with one attached hydrogen (secondary N) is 2. The molecule has 0 radical (unpaired) electrons. The third-order valence-electron chi connectivity index (χ3n) is 5.47. The molecule has 2 unspecified atom stereocenters. The number of carbonyl (C=O) groups is 3. The lowest BCUT2D eigenvalue weighted by molar-refractivity contribution is -0.135. The van der Waals surface area contributed by atoms with Crippen LogP contribution in [0.2, 0.25) is 0 Å². The van der Waals surface area contributed by atoms with Gasteiger partial charge in [-0.3, -0.25) is 14.5 Å². The van der Waals surface area contributed by atoms with Gasteiger partial charge in [-0.2, -0.15) is 0 Å². The number of fused-ring (bicyclic) bond motifs is 1. The Morgan fingerprint density at radius 1 is 1.21 bits per heavy atom. The SMILES string of the molecule is CC1(c2ccc(F)cc2)NC(=O)N(CC(=O)NC2CCc3ccccc32)C1=O. The number of benzene rings is 2. The van der Waals surface area contributed by atoms with E-state index in [-0.39, 0.29) is 12.6 Å². The predicted molar refractivity (Wildman–Crippen MR) is 99.6 cm³/mol. The molecule has 2 aliphatic rings. The van der Waals surface area contributed by atoms with Crippen molar-refractivity contribution in [2.45, 2.75) is 31.3 Å². The molecule has 4 rings (SSSR count). The van der Waals surface area contributed by atoms with Crippen molar-refractivity contribution in [3.63, 3.8) is 0 Å². The average Bonchev–Trinajstić information content (AvgIpc) is 3.17. The zero-order valence-corrected chi connectivity index (χ0v) is 15.4. The van der Waals surface area contributed by atoms with E-state index in [0.717, 1.165) is 23.3 Å². The van der Waals surface area contributed by atoms with Gasteiger partial charge in [0.05, 0.1) is 6.04 Å². The lowest BCUT2D eigenvalue weighted by Gasteiger charge is -2.22. The third kappa shape index (κ3) is 3.02. The Bertz CT molecular complexity index is 960. The number of halogens is 1. The first-order valence-corrected chi connectivity index (χ1v) is 9.16. The number of aryl methyl sites for hydroxylation is 1. The van der Waals surface area contributed by atoms with Gasteiger partial charge in [0.1, 0.15) is 17.9 Å². The number of nitrogens with zero attached hydrogens (tertiary/aromatic N) is 1. The number of urea groups is 1. The van der Waals surface area contributed by atoms with Gasteiger partial charge in [-0.15, -0.1) is 0 Å².